The third-order valence-corrected chi connectivity index (χ3v) is 24.1. The lowest BCUT2D eigenvalue weighted by Crippen LogP contribution is -2.67. The number of nitriles is 1. The van der Waals surface area contributed by atoms with Gasteiger partial charge >= 0.3 is 0 Å². The summed E-state index contributed by atoms with van der Waals surface area (Å²) in [6.07, 6.45) is -1.67. The third-order valence-electron chi connectivity index (χ3n) is 9.55. The van der Waals surface area contributed by atoms with Crippen LogP contribution in [0.5, 0.6) is 0 Å². The van der Waals surface area contributed by atoms with Crippen molar-refractivity contribution in [3.8, 4) is 6.07 Å². The molecule has 1 rings (SSSR count). The van der Waals surface area contributed by atoms with E-state index in [1.54, 1.807) is 0 Å². The van der Waals surface area contributed by atoms with Crippen LogP contribution in [0, 0.1) is 11.3 Å². The van der Waals surface area contributed by atoms with Crippen molar-refractivity contribution in [1.82, 2.24) is 0 Å². The third kappa shape index (κ3) is 10.2. The average molecular weight is 638 g/mol. The minimum atomic E-state index is -2.09. The monoisotopic (exact) mass is 637 g/mol. The summed E-state index contributed by atoms with van der Waals surface area (Å²) in [5.74, 6) is 0. The van der Waals surface area contributed by atoms with Gasteiger partial charge in [-0.3, -0.25) is 0 Å². The van der Waals surface area contributed by atoms with Crippen LogP contribution in [0.1, 0.15) is 68.7 Å². The molecule has 12 heteroatoms. The number of aliphatic hydroxyl groups is 1. The maximum atomic E-state index is 10.6. The molecule has 2 unspecified atom stereocenters. The molecular weight excluding hydrogens is 578 g/mol. The second kappa shape index (κ2) is 19.5. The molecule has 1 aliphatic rings. The molecule has 6 atom stereocenters. The molecular formula is C28H60NO7PSi3. The van der Waals surface area contributed by atoms with Crippen molar-refractivity contribution in [3.63, 3.8) is 0 Å². The van der Waals surface area contributed by atoms with Gasteiger partial charge in [-0.15, -0.1) is 0 Å². The highest BCUT2D eigenvalue weighted by Crippen LogP contribution is 2.39. The summed E-state index contributed by atoms with van der Waals surface area (Å²) < 4.78 is 39.9. The first-order valence-electron chi connectivity index (χ1n) is 15.9. The second-order valence-corrected chi connectivity index (χ2v) is 25.9. The van der Waals surface area contributed by atoms with Crippen molar-refractivity contribution < 1.29 is 32.2 Å². The van der Waals surface area contributed by atoms with Gasteiger partial charge in [-0.1, -0.05) is 62.3 Å². The number of rotatable bonds is 22. The lowest BCUT2D eigenvalue weighted by atomic mass is 9.95. The van der Waals surface area contributed by atoms with E-state index in [1.807, 2.05) is 0 Å². The Balaban J connectivity index is 3.62. The van der Waals surface area contributed by atoms with Gasteiger partial charge in [0.25, 0.3) is 0 Å². The molecule has 1 heterocycles. The Morgan fingerprint density at radius 1 is 0.650 bits per heavy atom. The standard InChI is InChI=1S/C28H60NO7PSi3/c1-10-38(11-2,12-3)34-26-24(22-30)33-25(23-32-37-31-21-19-20-29)27(35-39(13-4,14-5)15-6)28(26)36-40(16-7,17-8)18-9/h24-28,30,37H,10-19,21-23H2,1-9H3/t24-,25?,26-,27+,28+/m1/s1. The molecule has 0 aromatic carbocycles. The largest absolute Gasteiger partial charge is 0.409 e. The van der Waals surface area contributed by atoms with Crippen LogP contribution >= 0.6 is 9.03 Å². The predicted octanol–water partition coefficient (Wildman–Crippen LogP) is 7.37. The Kier molecular flexibility index (Phi) is 18.7. The maximum absolute atomic E-state index is 10.6. The zero-order valence-corrected chi connectivity index (χ0v) is 30.9. The molecule has 1 aliphatic heterocycles. The highest BCUT2D eigenvalue weighted by atomic mass is 31.1. The fourth-order valence-corrected chi connectivity index (χ4v) is 14.9. The maximum Gasteiger partial charge on any atom is 0.192 e. The minimum Gasteiger partial charge on any atom is -0.409 e. The fraction of sp³-hybridized carbons (Fsp3) is 0.964. The van der Waals surface area contributed by atoms with E-state index in [1.165, 1.54) is 0 Å². The summed E-state index contributed by atoms with van der Waals surface area (Å²) in [4.78, 5) is 0. The van der Waals surface area contributed by atoms with Crippen molar-refractivity contribution in [3.05, 3.63) is 0 Å². The molecule has 8 nitrogen and oxygen atoms in total. The van der Waals surface area contributed by atoms with Crippen molar-refractivity contribution >= 4 is 34.0 Å². The van der Waals surface area contributed by atoms with Gasteiger partial charge < -0.3 is 32.2 Å². The Labute approximate surface area is 250 Å². The normalized spacial score (nSPS) is 24.6. The van der Waals surface area contributed by atoms with Crippen molar-refractivity contribution in [2.45, 2.75) is 154 Å². The van der Waals surface area contributed by atoms with Gasteiger partial charge in [-0.05, 0) is 54.4 Å². The highest BCUT2D eigenvalue weighted by Gasteiger charge is 2.54. The Morgan fingerprint density at radius 2 is 1.05 bits per heavy atom. The van der Waals surface area contributed by atoms with E-state index in [0.29, 0.717) is 13.0 Å². The lowest BCUT2D eigenvalue weighted by molar-refractivity contribution is -0.221. The van der Waals surface area contributed by atoms with Crippen molar-refractivity contribution in [1.29, 1.82) is 5.26 Å². The summed E-state index contributed by atoms with van der Waals surface area (Å²) >= 11 is 0. The first kappa shape index (κ1) is 38.3. The van der Waals surface area contributed by atoms with E-state index in [-0.39, 0.29) is 40.6 Å². The Hall–Kier alpha value is 0.291. The smallest absolute Gasteiger partial charge is 0.192 e. The van der Waals surface area contributed by atoms with Crippen molar-refractivity contribution in [2.24, 2.45) is 0 Å². The van der Waals surface area contributed by atoms with Gasteiger partial charge in [0.05, 0.1) is 32.3 Å². The van der Waals surface area contributed by atoms with E-state index in [4.69, 9.17) is 32.3 Å². The van der Waals surface area contributed by atoms with Gasteiger partial charge in [0.15, 0.2) is 34.0 Å². The topological polar surface area (TPSA) is 99.4 Å². The van der Waals surface area contributed by atoms with Gasteiger partial charge in [-0.2, -0.15) is 5.26 Å². The summed E-state index contributed by atoms with van der Waals surface area (Å²) in [7, 11) is -6.42. The molecule has 0 radical (unpaired) electrons. The molecule has 0 aromatic rings. The molecule has 1 N–H and O–H groups in total. The molecule has 1 saturated heterocycles. The average Bonchev–Trinajstić information content (AvgIpc) is 3.00. The molecule has 0 aliphatic carbocycles. The summed E-state index contributed by atoms with van der Waals surface area (Å²) in [5.41, 5.74) is 0. The number of hydrogen-bond donors (Lipinski definition) is 1. The quantitative estimate of drug-likeness (QED) is 0.0746. The van der Waals surface area contributed by atoms with Crippen molar-refractivity contribution in [2.75, 3.05) is 19.8 Å². The number of ether oxygens (including phenoxy) is 1. The fourth-order valence-electron chi connectivity index (χ4n) is 5.85. The van der Waals surface area contributed by atoms with Gasteiger partial charge in [-0.25, -0.2) is 0 Å². The number of nitrogens with zero attached hydrogens (tertiary/aromatic N) is 1. The van der Waals surface area contributed by atoms with Crippen LogP contribution in [-0.2, 0) is 27.1 Å². The molecule has 0 amide bonds. The van der Waals surface area contributed by atoms with E-state index in [2.05, 4.69) is 68.4 Å². The molecule has 0 bridgehead atoms. The van der Waals surface area contributed by atoms with E-state index in [0.717, 1.165) is 54.4 Å². The molecule has 1 fully saturated rings. The van der Waals surface area contributed by atoms with Crippen LogP contribution in [-0.4, -0.2) is 80.4 Å². The predicted molar refractivity (Wildman–Crippen MR) is 172 cm³/mol. The minimum absolute atomic E-state index is 0.146. The first-order chi connectivity index (χ1) is 19.2. The summed E-state index contributed by atoms with van der Waals surface area (Å²) in [6.45, 7) is 20.6. The number of hydrogen-bond acceptors (Lipinski definition) is 8. The second-order valence-electron chi connectivity index (χ2n) is 11.0. The van der Waals surface area contributed by atoms with Gasteiger partial charge in [0, 0.05) is 0 Å². The van der Waals surface area contributed by atoms with Crippen LogP contribution in [0.15, 0.2) is 0 Å². The van der Waals surface area contributed by atoms with E-state index >= 15 is 0 Å². The Bertz CT molecular complexity index is 696. The van der Waals surface area contributed by atoms with Gasteiger partial charge in [0.2, 0.25) is 0 Å². The summed E-state index contributed by atoms with van der Waals surface area (Å²) in [5, 5.41) is 19.4. The molecule has 0 saturated carbocycles. The molecule has 0 aromatic heterocycles. The zero-order chi connectivity index (χ0) is 30.2. The Morgan fingerprint density at radius 3 is 1.43 bits per heavy atom. The van der Waals surface area contributed by atoms with Crippen LogP contribution in [0.2, 0.25) is 54.4 Å². The molecule has 236 valence electrons. The van der Waals surface area contributed by atoms with Gasteiger partial charge in [0.1, 0.15) is 30.5 Å². The van der Waals surface area contributed by atoms with Crippen LogP contribution in [0.25, 0.3) is 0 Å². The van der Waals surface area contributed by atoms with Crippen LogP contribution in [0.4, 0.5) is 0 Å². The van der Waals surface area contributed by atoms with E-state index < -0.39 is 37.2 Å². The summed E-state index contributed by atoms with van der Waals surface area (Å²) in [6, 6.07) is 11.2. The molecule has 40 heavy (non-hydrogen) atoms. The molecule has 0 spiro atoms. The lowest BCUT2D eigenvalue weighted by Gasteiger charge is -2.52. The highest BCUT2D eigenvalue weighted by molar-refractivity contribution is 7.26. The van der Waals surface area contributed by atoms with Crippen LogP contribution < -0.4 is 0 Å². The van der Waals surface area contributed by atoms with E-state index in [9.17, 15) is 5.11 Å². The van der Waals surface area contributed by atoms with Crippen LogP contribution in [0.3, 0.4) is 0 Å². The zero-order valence-electron chi connectivity index (χ0n) is 26.9. The number of aliphatic hydroxyl groups excluding tert-OH is 1. The SMILES string of the molecule is CC[Si](CC)(CC)O[C@H]1[C@H](O[Si](CC)(CC)CC)[C@@H](O[Si](CC)(CC)CC)C(COPOCCC#N)O[C@@H]1CO. The first-order valence-corrected chi connectivity index (χ1v) is 24.3.